The molecule has 0 aliphatic rings. The number of nitrogens with two attached hydrogens (primary N) is 1. The minimum atomic E-state index is -2.66. The van der Waals surface area contributed by atoms with Crippen LogP contribution in [-0.4, -0.2) is 18.1 Å². The lowest BCUT2D eigenvalue weighted by atomic mass is 10.1. The van der Waals surface area contributed by atoms with Gasteiger partial charge in [-0.15, -0.1) is 0 Å². The minimum absolute atomic E-state index is 0.0169. The molecule has 0 amide bonds. The van der Waals surface area contributed by atoms with Gasteiger partial charge in [0.05, 0.1) is 12.7 Å². The quantitative estimate of drug-likeness (QED) is 0.518. The van der Waals surface area contributed by atoms with Crippen molar-refractivity contribution in [3.05, 3.63) is 26.6 Å². The summed E-state index contributed by atoms with van der Waals surface area (Å²) in [6.45, 7) is -0.0812. The van der Waals surface area contributed by atoms with Crippen molar-refractivity contribution in [1.29, 1.82) is 0 Å². The van der Waals surface area contributed by atoms with E-state index in [9.17, 15) is 13.6 Å². The number of rotatable bonds is 3. The number of alkyl halides is 2. The SMILES string of the molecule is COC(=O)c1cc(CN)c(C(F)F)c(I)n1. The molecule has 0 unspecified atom stereocenters. The van der Waals surface area contributed by atoms with Gasteiger partial charge < -0.3 is 10.5 Å². The second-order valence-electron chi connectivity index (χ2n) is 2.87. The molecule has 0 aromatic carbocycles. The molecule has 0 saturated heterocycles. The zero-order valence-corrected chi connectivity index (χ0v) is 10.5. The van der Waals surface area contributed by atoms with Crippen LogP contribution in [0.5, 0.6) is 0 Å². The molecule has 1 aromatic rings. The number of aromatic nitrogens is 1. The third-order valence-corrected chi connectivity index (χ3v) is 2.75. The fraction of sp³-hybridized carbons (Fsp3) is 0.333. The van der Waals surface area contributed by atoms with Crippen molar-refractivity contribution in [2.45, 2.75) is 13.0 Å². The number of ether oxygens (including phenoxy) is 1. The normalized spacial score (nSPS) is 10.6. The molecule has 0 aliphatic carbocycles. The van der Waals surface area contributed by atoms with Crippen LogP contribution >= 0.6 is 22.6 Å². The Bertz CT molecular complexity index is 413. The Labute approximate surface area is 104 Å². The van der Waals surface area contributed by atoms with E-state index in [2.05, 4.69) is 9.72 Å². The Morgan fingerprint density at radius 1 is 1.69 bits per heavy atom. The zero-order chi connectivity index (χ0) is 12.3. The van der Waals surface area contributed by atoms with E-state index in [1.54, 1.807) is 22.6 Å². The first-order chi connectivity index (χ1) is 7.51. The van der Waals surface area contributed by atoms with E-state index in [4.69, 9.17) is 5.73 Å². The minimum Gasteiger partial charge on any atom is -0.464 e. The summed E-state index contributed by atoms with van der Waals surface area (Å²) in [4.78, 5) is 14.9. The fourth-order valence-corrected chi connectivity index (χ4v) is 2.02. The number of hydrogen-bond donors (Lipinski definition) is 1. The van der Waals surface area contributed by atoms with E-state index in [0.717, 1.165) is 0 Å². The number of carbonyl (C=O) groups is 1. The highest BCUT2D eigenvalue weighted by atomic mass is 127. The van der Waals surface area contributed by atoms with Gasteiger partial charge in [-0.1, -0.05) is 0 Å². The van der Waals surface area contributed by atoms with Crippen molar-refractivity contribution in [2.75, 3.05) is 7.11 Å². The second-order valence-corrected chi connectivity index (χ2v) is 3.89. The summed E-state index contributed by atoms with van der Waals surface area (Å²) in [5.41, 5.74) is 5.31. The Morgan fingerprint density at radius 2 is 2.31 bits per heavy atom. The molecule has 88 valence electrons. The Hall–Kier alpha value is -0.830. The molecule has 0 saturated carbocycles. The lowest BCUT2D eigenvalue weighted by molar-refractivity contribution is 0.0593. The predicted octanol–water partition coefficient (Wildman–Crippen LogP) is 1.87. The van der Waals surface area contributed by atoms with Gasteiger partial charge >= 0.3 is 5.97 Å². The van der Waals surface area contributed by atoms with E-state index >= 15 is 0 Å². The summed E-state index contributed by atoms with van der Waals surface area (Å²) in [6.07, 6.45) is -2.66. The number of carbonyl (C=O) groups excluding carboxylic acids is 1. The van der Waals surface area contributed by atoms with Crippen LogP contribution in [0, 0.1) is 3.70 Å². The van der Waals surface area contributed by atoms with Crippen LogP contribution in [-0.2, 0) is 11.3 Å². The van der Waals surface area contributed by atoms with Gasteiger partial charge in [0.2, 0.25) is 0 Å². The molecule has 0 bridgehead atoms. The standard InChI is InChI=1S/C9H9F2IN2O2/c1-16-9(15)5-2-4(3-13)6(7(10)11)8(12)14-5/h2,7H,3,13H2,1H3. The van der Waals surface area contributed by atoms with Crippen molar-refractivity contribution in [3.8, 4) is 0 Å². The van der Waals surface area contributed by atoms with Crippen molar-refractivity contribution < 1.29 is 18.3 Å². The highest BCUT2D eigenvalue weighted by Gasteiger charge is 2.20. The molecule has 0 fully saturated rings. The van der Waals surface area contributed by atoms with Crippen LogP contribution in [0.3, 0.4) is 0 Å². The summed E-state index contributed by atoms with van der Waals surface area (Å²) in [5.74, 6) is -0.673. The first-order valence-corrected chi connectivity index (χ1v) is 5.35. The maximum absolute atomic E-state index is 12.7. The van der Waals surface area contributed by atoms with Crippen LogP contribution in [0.1, 0.15) is 28.0 Å². The van der Waals surface area contributed by atoms with Crippen molar-refractivity contribution in [1.82, 2.24) is 4.98 Å². The van der Waals surface area contributed by atoms with Gasteiger partial charge in [0.25, 0.3) is 6.43 Å². The molecule has 1 rings (SSSR count). The number of pyridine rings is 1. The molecule has 0 atom stereocenters. The van der Waals surface area contributed by atoms with Gasteiger partial charge in [0.1, 0.15) is 9.39 Å². The molecule has 1 heterocycles. The highest BCUT2D eigenvalue weighted by Crippen LogP contribution is 2.27. The molecule has 0 aliphatic heterocycles. The monoisotopic (exact) mass is 342 g/mol. The number of halogens is 3. The maximum Gasteiger partial charge on any atom is 0.356 e. The summed E-state index contributed by atoms with van der Waals surface area (Å²) < 4.78 is 29.9. The topological polar surface area (TPSA) is 65.2 Å². The summed E-state index contributed by atoms with van der Waals surface area (Å²) >= 11 is 1.65. The van der Waals surface area contributed by atoms with Gasteiger partial charge in [-0.3, -0.25) is 0 Å². The smallest absolute Gasteiger partial charge is 0.356 e. The Kier molecular flexibility index (Phi) is 4.54. The van der Waals surface area contributed by atoms with Crippen molar-refractivity contribution >= 4 is 28.6 Å². The molecule has 1 aromatic heterocycles. The fourth-order valence-electron chi connectivity index (χ4n) is 1.18. The molecule has 0 spiro atoms. The molecule has 16 heavy (non-hydrogen) atoms. The van der Waals surface area contributed by atoms with E-state index in [0.29, 0.717) is 0 Å². The molecule has 2 N–H and O–H groups in total. The average Bonchev–Trinajstić information content (AvgIpc) is 2.26. The summed E-state index contributed by atoms with van der Waals surface area (Å²) in [6, 6.07) is 1.23. The van der Waals surface area contributed by atoms with Gasteiger partial charge in [-0.2, -0.15) is 0 Å². The van der Waals surface area contributed by atoms with Crippen molar-refractivity contribution in [3.63, 3.8) is 0 Å². The van der Waals surface area contributed by atoms with E-state index < -0.39 is 12.4 Å². The third kappa shape index (κ3) is 2.64. The van der Waals surface area contributed by atoms with Crippen LogP contribution in [0.4, 0.5) is 8.78 Å². The first kappa shape index (κ1) is 13.2. The lowest BCUT2D eigenvalue weighted by Gasteiger charge is -2.10. The van der Waals surface area contributed by atoms with Crippen molar-refractivity contribution in [2.24, 2.45) is 5.73 Å². The van der Waals surface area contributed by atoms with Crippen LogP contribution < -0.4 is 5.73 Å². The van der Waals surface area contributed by atoms with Crippen LogP contribution in [0.2, 0.25) is 0 Å². The molecule has 4 nitrogen and oxygen atoms in total. The second kappa shape index (κ2) is 5.48. The molecule has 0 radical (unpaired) electrons. The van der Waals surface area contributed by atoms with Crippen LogP contribution in [0.15, 0.2) is 6.07 Å². The summed E-state index contributed by atoms with van der Waals surface area (Å²) in [5, 5.41) is 0. The lowest BCUT2D eigenvalue weighted by Crippen LogP contribution is -2.12. The maximum atomic E-state index is 12.7. The molecular formula is C9H9F2IN2O2. The number of nitrogens with zero attached hydrogens (tertiary/aromatic N) is 1. The number of esters is 1. The molecule has 7 heteroatoms. The first-order valence-electron chi connectivity index (χ1n) is 4.27. The van der Waals surface area contributed by atoms with Crippen LogP contribution in [0.25, 0.3) is 0 Å². The van der Waals surface area contributed by atoms with Gasteiger partial charge in [0.15, 0.2) is 0 Å². The zero-order valence-electron chi connectivity index (χ0n) is 8.34. The third-order valence-electron chi connectivity index (χ3n) is 1.93. The van der Waals surface area contributed by atoms with E-state index in [1.807, 2.05) is 0 Å². The molecular weight excluding hydrogens is 333 g/mol. The number of methoxy groups -OCH3 is 1. The van der Waals surface area contributed by atoms with Gasteiger partial charge in [-0.05, 0) is 34.2 Å². The average molecular weight is 342 g/mol. The highest BCUT2D eigenvalue weighted by molar-refractivity contribution is 14.1. The van der Waals surface area contributed by atoms with E-state index in [1.165, 1.54) is 13.2 Å². The summed E-state index contributed by atoms with van der Waals surface area (Å²) in [7, 11) is 1.19. The van der Waals surface area contributed by atoms with Gasteiger partial charge in [0, 0.05) is 6.54 Å². The number of hydrogen-bond acceptors (Lipinski definition) is 4. The Balaban J connectivity index is 3.32. The predicted molar refractivity (Wildman–Crippen MR) is 61.1 cm³/mol. The largest absolute Gasteiger partial charge is 0.464 e. The van der Waals surface area contributed by atoms with Gasteiger partial charge in [-0.25, -0.2) is 18.6 Å². The van der Waals surface area contributed by atoms with E-state index in [-0.39, 0.29) is 27.1 Å². The Morgan fingerprint density at radius 3 is 2.75 bits per heavy atom.